The smallest absolute Gasteiger partial charge is 0.368 e. The molecule has 0 atom stereocenters. The molecule has 1 heterocycles. The minimum absolute atomic E-state index is 0.183. The van der Waals surface area contributed by atoms with Gasteiger partial charge in [-0.05, 0) is 48.4 Å². The Bertz CT molecular complexity index is 900. The van der Waals surface area contributed by atoms with Crippen molar-refractivity contribution >= 4 is 29.1 Å². The van der Waals surface area contributed by atoms with E-state index in [4.69, 9.17) is 11.6 Å². The molecule has 0 radical (unpaired) electrons. The highest BCUT2D eigenvalue weighted by atomic mass is 35.5. The van der Waals surface area contributed by atoms with Crippen LogP contribution in [0.3, 0.4) is 0 Å². The number of nitrogens with zero attached hydrogens (tertiary/aromatic N) is 3. The highest BCUT2D eigenvalue weighted by Crippen LogP contribution is 2.30. The second kappa shape index (κ2) is 8.22. The van der Waals surface area contributed by atoms with E-state index in [-0.39, 0.29) is 5.95 Å². The summed E-state index contributed by atoms with van der Waals surface area (Å²) in [6.07, 6.45) is -2.16. The fraction of sp³-hybridized carbons (Fsp3) is 0.167. The Kier molecular flexibility index (Phi) is 5.75. The monoisotopic (exact) mass is 393 g/mol. The highest BCUT2D eigenvalue weighted by molar-refractivity contribution is 6.30. The van der Waals surface area contributed by atoms with Crippen LogP contribution < -0.4 is 10.6 Å². The number of benzene rings is 2. The van der Waals surface area contributed by atoms with Gasteiger partial charge in [0.15, 0.2) is 5.82 Å². The summed E-state index contributed by atoms with van der Waals surface area (Å²) in [6, 6.07) is 12.2. The average Bonchev–Trinajstić information content (AvgIpc) is 2.62. The molecule has 2 N–H and O–H groups in total. The molecule has 5 nitrogen and oxygen atoms in total. The lowest BCUT2D eigenvalue weighted by Gasteiger charge is -2.09. The van der Waals surface area contributed by atoms with Crippen molar-refractivity contribution in [2.45, 2.75) is 12.6 Å². The molecular weight excluding hydrogens is 379 g/mol. The van der Waals surface area contributed by atoms with E-state index < -0.39 is 11.7 Å². The second-order valence-electron chi connectivity index (χ2n) is 5.67. The third-order valence-electron chi connectivity index (χ3n) is 3.64. The Labute approximate surface area is 158 Å². The van der Waals surface area contributed by atoms with Crippen molar-refractivity contribution in [1.29, 1.82) is 0 Å². The summed E-state index contributed by atoms with van der Waals surface area (Å²) in [4.78, 5) is 4.24. The molecule has 2 aromatic carbocycles. The molecule has 0 spiro atoms. The van der Waals surface area contributed by atoms with Gasteiger partial charge in [-0.25, -0.2) is 0 Å². The van der Waals surface area contributed by atoms with E-state index in [2.05, 4.69) is 25.8 Å². The van der Waals surface area contributed by atoms with Crippen LogP contribution in [-0.4, -0.2) is 21.7 Å². The summed E-state index contributed by atoms with van der Waals surface area (Å²) in [6.45, 7) is 0.610. The molecule has 0 bridgehead atoms. The van der Waals surface area contributed by atoms with Crippen LogP contribution in [0.5, 0.6) is 0 Å². The number of hydrogen-bond acceptors (Lipinski definition) is 5. The van der Waals surface area contributed by atoms with Crippen molar-refractivity contribution in [2.75, 3.05) is 17.2 Å². The third-order valence-corrected chi connectivity index (χ3v) is 3.87. The van der Waals surface area contributed by atoms with E-state index in [1.54, 1.807) is 0 Å². The third kappa shape index (κ3) is 5.55. The minimum atomic E-state index is -4.37. The first-order valence-corrected chi connectivity index (χ1v) is 8.40. The molecule has 0 amide bonds. The Balaban J connectivity index is 1.58. The number of anilines is 3. The fourth-order valence-corrected chi connectivity index (χ4v) is 2.55. The molecule has 0 aliphatic heterocycles. The van der Waals surface area contributed by atoms with Crippen molar-refractivity contribution in [3.05, 3.63) is 70.9 Å². The Hall–Kier alpha value is -2.87. The number of halogens is 4. The van der Waals surface area contributed by atoms with Gasteiger partial charge in [-0.15, -0.1) is 5.10 Å². The summed E-state index contributed by atoms with van der Waals surface area (Å²) in [7, 11) is 0. The van der Waals surface area contributed by atoms with Gasteiger partial charge in [0, 0.05) is 17.3 Å². The van der Waals surface area contributed by atoms with E-state index in [9.17, 15) is 13.2 Å². The standard InChI is InChI=1S/C18H15ClF3N5/c19-14-3-1-2-12(10-14)8-9-23-16-11-24-27-17(26-16)25-15-6-4-13(5-7-15)18(20,21)22/h1-7,10-11H,8-9H2,(H2,23,25,26,27). The second-order valence-corrected chi connectivity index (χ2v) is 6.11. The molecule has 0 unspecified atom stereocenters. The van der Waals surface area contributed by atoms with E-state index in [0.717, 1.165) is 24.1 Å². The number of aromatic nitrogens is 3. The SMILES string of the molecule is FC(F)(F)c1ccc(Nc2nncc(NCCc3cccc(Cl)c3)n2)cc1. The lowest BCUT2D eigenvalue weighted by molar-refractivity contribution is -0.137. The van der Waals surface area contributed by atoms with Crippen molar-refractivity contribution in [1.82, 2.24) is 15.2 Å². The predicted octanol–water partition coefficient (Wildman–Crippen LogP) is 4.94. The van der Waals surface area contributed by atoms with Gasteiger partial charge in [-0.2, -0.15) is 23.3 Å². The maximum atomic E-state index is 12.6. The summed E-state index contributed by atoms with van der Waals surface area (Å²) >= 11 is 5.95. The quantitative estimate of drug-likeness (QED) is 0.621. The number of alkyl halides is 3. The van der Waals surface area contributed by atoms with E-state index in [0.29, 0.717) is 23.1 Å². The van der Waals surface area contributed by atoms with Crippen LogP contribution in [0.4, 0.5) is 30.6 Å². The lowest BCUT2D eigenvalue weighted by Crippen LogP contribution is -2.09. The molecule has 1 aromatic heterocycles. The van der Waals surface area contributed by atoms with Crippen molar-refractivity contribution in [3.8, 4) is 0 Å². The molecule has 27 heavy (non-hydrogen) atoms. The summed E-state index contributed by atoms with van der Waals surface area (Å²) < 4.78 is 37.8. The van der Waals surface area contributed by atoms with Crippen molar-refractivity contribution < 1.29 is 13.2 Å². The zero-order valence-electron chi connectivity index (χ0n) is 14.0. The molecule has 0 saturated carbocycles. The molecular formula is C18H15ClF3N5. The Morgan fingerprint density at radius 1 is 1.04 bits per heavy atom. The average molecular weight is 394 g/mol. The lowest BCUT2D eigenvalue weighted by atomic mass is 10.1. The van der Waals surface area contributed by atoms with Crippen LogP contribution in [-0.2, 0) is 12.6 Å². The molecule has 3 aromatic rings. The van der Waals surface area contributed by atoms with E-state index in [1.165, 1.54) is 18.3 Å². The minimum Gasteiger partial charge on any atom is -0.368 e. The van der Waals surface area contributed by atoms with Gasteiger partial charge in [0.1, 0.15) is 0 Å². The number of nitrogens with one attached hydrogen (secondary N) is 2. The Morgan fingerprint density at radius 3 is 2.52 bits per heavy atom. The van der Waals surface area contributed by atoms with Crippen molar-refractivity contribution in [3.63, 3.8) is 0 Å². The molecule has 0 saturated heterocycles. The molecule has 140 valence electrons. The first kappa shape index (κ1) is 18.9. The summed E-state index contributed by atoms with van der Waals surface area (Å²) in [5.74, 6) is 0.684. The molecule has 3 rings (SSSR count). The van der Waals surface area contributed by atoms with Crippen LogP contribution >= 0.6 is 11.6 Å². The van der Waals surface area contributed by atoms with E-state index >= 15 is 0 Å². The van der Waals surface area contributed by atoms with Gasteiger partial charge in [0.05, 0.1) is 11.8 Å². The van der Waals surface area contributed by atoms with Gasteiger partial charge in [0.25, 0.3) is 0 Å². The number of rotatable bonds is 6. The summed E-state index contributed by atoms with van der Waals surface area (Å²) in [5, 5.41) is 14.3. The number of hydrogen-bond donors (Lipinski definition) is 2. The highest BCUT2D eigenvalue weighted by Gasteiger charge is 2.29. The summed E-state index contributed by atoms with van der Waals surface area (Å²) in [5.41, 5.74) is 0.796. The maximum Gasteiger partial charge on any atom is 0.416 e. The van der Waals surface area contributed by atoms with Crippen molar-refractivity contribution in [2.24, 2.45) is 0 Å². The van der Waals surface area contributed by atoms with Crippen LogP contribution in [0.2, 0.25) is 5.02 Å². The normalized spacial score (nSPS) is 11.3. The van der Waals surface area contributed by atoms with Crippen LogP contribution in [0.15, 0.2) is 54.7 Å². The first-order valence-electron chi connectivity index (χ1n) is 8.02. The van der Waals surface area contributed by atoms with Gasteiger partial charge in [0.2, 0.25) is 5.95 Å². The van der Waals surface area contributed by atoms with Gasteiger partial charge >= 0.3 is 6.18 Å². The molecule has 9 heteroatoms. The van der Waals surface area contributed by atoms with Crippen LogP contribution in [0, 0.1) is 0 Å². The van der Waals surface area contributed by atoms with Crippen LogP contribution in [0.25, 0.3) is 0 Å². The van der Waals surface area contributed by atoms with E-state index in [1.807, 2.05) is 24.3 Å². The van der Waals surface area contributed by atoms with Gasteiger partial charge < -0.3 is 10.6 Å². The fourth-order valence-electron chi connectivity index (χ4n) is 2.34. The zero-order valence-corrected chi connectivity index (χ0v) is 14.7. The van der Waals surface area contributed by atoms with Gasteiger partial charge in [-0.3, -0.25) is 0 Å². The molecule has 0 aliphatic rings. The predicted molar refractivity (Wildman–Crippen MR) is 98.2 cm³/mol. The molecule has 0 aliphatic carbocycles. The Morgan fingerprint density at radius 2 is 1.81 bits per heavy atom. The van der Waals surface area contributed by atoms with Gasteiger partial charge in [-0.1, -0.05) is 23.7 Å². The van der Waals surface area contributed by atoms with Crippen LogP contribution in [0.1, 0.15) is 11.1 Å². The topological polar surface area (TPSA) is 62.7 Å². The zero-order chi connectivity index (χ0) is 19.3. The first-order chi connectivity index (χ1) is 12.9. The largest absolute Gasteiger partial charge is 0.416 e. The molecule has 0 fully saturated rings. The maximum absolute atomic E-state index is 12.6.